The van der Waals surface area contributed by atoms with E-state index in [2.05, 4.69) is 21.6 Å². The van der Waals surface area contributed by atoms with E-state index in [-0.39, 0.29) is 17.6 Å². The molecule has 5 nitrogen and oxygen atoms in total. The molecular weight excluding hydrogens is 393 g/mol. The molecule has 0 spiro atoms. The Labute approximate surface area is 183 Å². The summed E-state index contributed by atoms with van der Waals surface area (Å²) in [5.41, 5.74) is 2.35. The maximum atomic E-state index is 13.1. The fourth-order valence-electron chi connectivity index (χ4n) is 3.89. The number of nitrogens with one attached hydrogen (secondary N) is 2. The molecule has 2 N–H and O–H groups in total. The van der Waals surface area contributed by atoms with Crippen LogP contribution >= 0.6 is 0 Å². The zero-order valence-corrected chi connectivity index (χ0v) is 17.9. The van der Waals surface area contributed by atoms with Crippen molar-refractivity contribution in [2.45, 2.75) is 26.2 Å². The van der Waals surface area contributed by atoms with E-state index in [0.717, 1.165) is 26.1 Å². The minimum absolute atomic E-state index is 0.0374. The summed E-state index contributed by atoms with van der Waals surface area (Å²) >= 11 is 0. The van der Waals surface area contributed by atoms with E-state index in [0.29, 0.717) is 23.7 Å². The molecule has 31 heavy (non-hydrogen) atoms. The number of carbonyl (C=O) groups is 2. The highest BCUT2D eigenvalue weighted by atomic mass is 19.1. The SMILES string of the molecule is CC(=O)c1cccc(NC(=O)NC/C=C/CN2CCCC(Cc3ccc(F)cc3)C2)c1. The summed E-state index contributed by atoms with van der Waals surface area (Å²) < 4.78 is 13.1. The fraction of sp³-hybridized carbons (Fsp3) is 0.360. The quantitative estimate of drug-likeness (QED) is 0.480. The number of likely N-dealkylation sites (tertiary alicyclic amines) is 1. The second-order valence-corrected chi connectivity index (χ2v) is 8.04. The van der Waals surface area contributed by atoms with Gasteiger partial charge in [-0.2, -0.15) is 0 Å². The predicted molar refractivity (Wildman–Crippen MR) is 122 cm³/mol. The van der Waals surface area contributed by atoms with Gasteiger partial charge in [-0.25, -0.2) is 9.18 Å². The van der Waals surface area contributed by atoms with Gasteiger partial charge in [0.2, 0.25) is 0 Å². The zero-order valence-electron chi connectivity index (χ0n) is 17.9. The highest BCUT2D eigenvalue weighted by molar-refractivity contribution is 5.96. The Morgan fingerprint density at radius 3 is 2.74 bits per heavy atom. The molecule has 2 amide bonds. The van der Waals surface area contributed by atoms with Gasteiger partial charge in [0.1, 0.15) is 5.82 Å². The van der Waals surface area contributed by atoms with Gasteiger partial charge in [0.25, 0.3) is 0 Å². The molecule has 3 rings (SSSR count). The lowest BCUT2D eigenvalue weighted by molar-refractivity contribution is 0.101. The number of benzene rings is 2. The van der Waals surface area contributed by atoms with Gasteiger partial charge in [0.05, 0.1) is 0 Å². The summed E-state index contributed by atoms with van der Waals surface area (Å²) in [7, 11) is 0. The summed E-state index contributed by atoms with van der Waals surface area (Å²) in [6.07, 6.45) is 7.38. The van der Waals surface area contributed by atoms with E-state index < -0.39 is 0 Å². The average molecular weight is 424 g/mol. The first-order valence-electron chi connectivity index (χ1n) is 10.8. The topological polar surface area (TPSA) is 61.4 Å². The first-order chi connectivity index (χ1) is 15.0. The standard InChI is InChI=1S/C25H30FN3O2/c1-19(30)22-7-4-8-24(17-22)28-25(31)27-13-2-3-14-29-15-5-6-21(18-29)16-20-9-11-23(26)12-10-20/h2-4,7-12,17,21H,5-6,13-16,18H2,1H3,(H2,27,28,31)/b3-2+. The van der Waals surface area contributed by atoms with Crippen LogP contribution in [0.3, 0.4) is 0 Å². The van der Waals surface area contributed by atoms with Crippen molar-refractivity contribution in [1.82, 2.24) is 10.2 Å². The van der Waals surface area contributed by atoms with Crippen LogP contribution in [0.1, 0.15) is 35.7 Å². The number of hydrogen-bond acceptors (Lipinski definition) is 3. The van der Waals surface area contributed by atoms with Gasteiger partial charge in [-0.1, -0.05) is 36.4 Å². The summed E-state index contributed by atoms with van der Waals surface area (Å²) in [4.78, 5) is 25.9. The minimum Gasteiger partial charge on any atom is -0.334 e. The smallest absolute Gasteiger partial charge is 0.319 e. The Bertz CT molecular complexity index is 911. The Balaban J connectivity index is 1.36. The lowest BCUT2D eigenvalue weighted by atomic mass is 9.91. The van der Waals surface area contributed by atoms with Crippen molar-refractivity contribution in [2.75, 3.05) is 31.5 Å². The summed E-state index contributed by atoms with van der Waals surface area (Å²) in [5, 5.41) is 5.53. The molecule has 2 aromatic rings. The van der Waals surface area contributed by atoms with Crippen LogP contribution in [0, 0.1) is 11.7 Å². The number of hydrogen-bond donors (Lipinski definition) is 2. The lowest BCUT2D eigenvalue weighted by Gasteiger charge is -2.32. The van der Waals surface area contributed by atoms with Crippen LogP contribution in [-0.2, 0) is 6.42 Å². The number of anilines is 1. The van der Waals surface area contributed by atoms with Crippen LogP contribution in [0.25, 0.3) is 0 Å². The highest BCUT2D eigenvalue weighted by Crippen LogP contribution is 2.21. The van der Waals surface area contributed by atoms with Gasteiger partial charge < -0.3 is 10.6 Å². The third kappa shape index (κ3) is 7.64. The highest BCUT2D eigenvalue weighted by Gasteiger charge is 2.19. The van der Waals surface area contributed by atoms with E-state index in [4.69, 9.17) is 0 Å². The first kappa shape index (κ1) is 22.7. The molecule has 1 fully saturated rings. The molecule has 1 heterocycles. The Morgan fingerprint density at radius 2 is 1.97 bits per heavy atom. The van der Waals surface area contributed by atoms with Gasteiger partial charge in [-0.05, 0) is 68.5 Å². The van der Waals surface area contributed by atoms with Crippen LogP contribution in [0.4, 0.5) is 14.9 Å². The second-order valence-electron chi connectivity index (χ2n) is 8.04. The number of rotatable bonds is 8. The Morgan fingerprint density at radius 1 is 1.16 bits per heavy atom. The molecule has 2 aromatic carbocycles. The molecule has 1 aliphatic heterocycles. The molecule has 6 heteroatoms. The number of piperidine rings is 1. The van der Waals surface area contributed by atoms with Gasteiger partial charge in [0.15, 0.2) is 5.78 Å². The van der Waals surface area contributed by atoms with Crippen molar-refractivity contribution in [2.24, 2.45) is 5.92 Å². The summed E-state index contributed by atoms with van der Waals surface area (Å²) in [5.74, 6) is 0.359. The number of carbonyl (C=O) groups excluding carboxylic acids is 2. The molecule has 0 aliphatic carbocycles. The van der Waals surface area contributed by atoms with E-state index in [1.54, 1.807) is 24.3 Å². The molecule has 1 unspecified atom stereocenters. The van der Waals surface area contributed by atoms with Gasteiger partial charge in [0, 0.05) is 30.9 Å². The van der Waals surface area contributed by atoms with E-state index >= 15 is 0 Å². The van der Waals surface area contributed by atoms with Crippen LogP contribution in [-0.4, -0.2) is 42.9 Å². The number of Topliss-reactive ketones (excluding diaryl/α,β-unsaturated/α-hetero) is 1. The van der Waals surface area contributed by atoms with Crippen LogP contribution < -0.4 is 10.6 Å². The molecule has 0 radical (unpaired) electrons. The van der Waals surface area contributed by atoms with Crippen molar-refractivity contribution in [3.05, 3.63) is 77.6 Å². The van der Waals surface area contributed by atoms with E-state index in [1.807, 2.05) is 18.2 Å². The normalized spacial score (nSPS) is 16.9. The number of nitrogens with zero attached hydrogens (tertiary/aromatic N) is 1. The molecule has 1 atom stereocenters. The van der Waals surface area contributed by atoms with Gasteiger partial charge >= 0.3 is 6.03 Å². The number of urea groups is 1. The summed E-state index contributed by atoms with van der Waals surface area (Å²) in [6.45, 7) is 4.89. The Hall–Kier alpha value is -2.99. The van der Waals surface area contributed by atoms with E-state index in [1.165, 1.54) is 37.5 Å². The summed E-state index contributed by atoms with van der Waals surface area (Å²) in [6, 6.07) is 13.4. The average Bonchev–Trinajstić information content (AvgIpc) is 2.75. The first-order valence-corrected chi connectivity index (χ1v) is 10.8. The fourth-order valence-corrected chi connectivity index (χ4v) is 3.89. The largest absolute Gasteiger partial charge is 0.334 e. The van der Waals surface area contributed by atoms with Crippen molar-refractivity contribution in [3.8, 4) is 0 Å². The molecular formula is C25H30FN3O2. The van der Waals surface area contributed by atoms with Crippen molar-refractivity contribution in [1.29, 1.82) is 0 Å². The van der Waals surface area contributed by atoms with Gasteiger partial charge in [-0.3, -0.25) is 9.69 Å². The monoisotopic (exact) mass is 423 g/mol. The zero-order chi connectivity index (χ0) is 22.1. The van der Waals surface area contributed by atoms with Crippen LogP contribution in [0.15, 0.2) is 60.7 Å². The Kier molecular flexibility index (Phi) is 8.35. The lowest BCUT2D eigenvalue weighted by Crippen LogP contribution is -2.36. The maximum Gasteiger partial charge on any atom is 0.319 e. The van der Waals surface area contributed by atoms with Crippen molar-refractivity contribution >= 4 is 17.5 Å². The third-order valence-corrected chi connectivity index (χ3v) is 5.48. The predicted octanol–water partition coefficient (Wildman–Crippen LogP) is 4.66. The second kappa shape index (κ2) is 11.4. The third-order valence-electron chi connectivity index (χ3n) is 5.48. The minimum atomic E-state index is -0.303. The van der Waals surface area contributed by atoms with Crippen LogP contribution in [0.5, 0.6) is 0 Å². The molecule has 0 saturated carbocycles. The molecule has 1 aliphatic rings. The number of ketones is 1. The number of halogens is 1. The molecule has 164 valence electrons. The maximum absolute atomic E-state index is 13.1. The van der Waals surface area contributed by atoms with Crippen molar-refractivity contribution in [3.63, 3.8) is 0 Å². The number of amides is 2. The van der Waals surface area contributed by atoms with Gasteiger partial charge in [-0.15, -0.1) is 0 Å². The van der Waals surface area contributed by atoms with Crippen molar-refractivity contribution < 1.29 is 14.0 Å². The molecule has 0 bridgehead atoms. The molecule has 1 saturated heterocycles. The molecule has 0 aromatic heterocycles. The van der Waals surface area contributed by atoms with Crippen LogP contribution in [0.2, 0.25) is 0 Å². The van der Waals surface area contributed by atoms with E-state index in [9.17, 15) is 14.0 Å².